The highest BCUT2D eigenvalue weighted by atomic mass is 79.9. The van der Waals surface area contributed by atoms with Gasteiger partial charge in [-0.3, -0.25) is 4.79 Å². The average molecular weight is 492 g/mol. The first-order valence-electron chi connectivity index (χ1n) is 9.97. The molecule has 3 aromatic carbocycles. The second-order valence-corrected chi connectivity index (χ2v) is 8.29. The van der Waals surface area contributed by atoms with Gasteiger partial charge in [-0.25, -0.2) is 4.98 Å². The van der Waals surface area contributed by atoms with Gasteiger partial charge in [-0.05, 0) is 66.9 Å². The highest BCUT2D eigenvalue weighted by Gasteiger charge is 2.15. The zero-order valence-corrected chi connectivity index (χ0v) is 19.8. The van der Waals surface area contributed by atoms with E-state index in [2.05, 4.69) is 28.0 Å². The summed E-state index contributed by atoms with van der Waals surface area (Å²) in [7, 11) is 3.14. The third-order valence-corrected chi connectivity index (χ3v) is 5.80. The van der Waals surface area contributed by atoms with E-state index in [1.165, 1.54) is 10.2 Å². The number of hydrogen-bond acceptors (Lipinski definition) is 5. The van der Waals surface area contributed by atoms with Crippen molar-refractivity contribution in [1.29, 1.82) is 0 Å². The monoisotopic (exact) mass is 491 g/mol. The van der Waals surface area contributed by atoms with E-state index in [-0.39, 0.29) is 5.56 Å². The fourth-order valence-corrected chi connectivity index (χ4v) is 3.75. The Balaban J connectivity index is 1.95. The lowest BCUT2D eigenvalue weighted by atomic mass is 10.1. The minimum absolute atomic E-state index is 0.263. The third-order valence-electron chi connectivity index (χ3n) is 5.30. The molecule has 7 heteroatoms. The molecule has 32 heavy (non-hydrogen) atoms. The molecule has 0 N–H and O–H groups in total. The molecule has 0 aliphatic carbocycles. The number of fused-ring (bicyclic) bond motifs is 1. The molecule has 0 amide bonds. The first-order valence-corrected chi connectivity index (χ1v) is 10.8. The van der Waals surface area contributed by atoms with Crippen molar-refractivity contribution in [3.63, 3.8) is 0 Å². The Morgan fingerprint density at radius 2 is 1.72 bits per heavy atom. The molecular weight excluding hydrogens is 470 g/mol. The second-order valence-electron chi connectivity index (χ2n) is 7.37. The van der Waals surface area contributed by atoms with Gasteiger partial charge in [-0.1, -0.05) is 34.1 Å². The Kier molecular flexibility index (Phi) is 6.10. The van der Waals surface area contributed by atoms with Gasteiger partial charge < -0.3 is 9.47 Å². The molecule has 0 aliphatic heterocycles. The van der Waals surface area contributed by atoms with Crippen molar-refractivity contribution in [3.8, 4) is 22.9 Å². The van der Waals surface area contributed by atoms with E-state index >= 15 is 0 Å². The molecule has 0 saturated heterocycles. The molecule has 0 spiro atoms. The summed E-state index contributed by atoms with van der Waals surface area (Å²) in [6, 6.07) is 16.9. The van der Waals surface area contributed by atoms with Crippen LogP contribution < -0.4 is 15.0 Å². The predicted molar refractivity (Wildman–Crippen MR) is 131 cm³/mol. The first kappa shape index (κ1) is 21.8. The molecule has 1 heterocycles. The quantitative estimate of drug-likeness (QED) is 0.353. The number of methoxy groups -OCH3 is 2. The van der Waals surface area contributed by atoms with E-state index in [9.17, 15) is 4.79 Å². The molecule has 162 valence electrons. The summed E-state index contributed by atoms with van der Waals surface area (Å²) in [6.45, 7) is 4.10. The van der Waals surface area contributed by atoms with Crippen molar-refractivity contribution < 1.29 is 9.47 Å². The maximum absolute atomic E-state index is 13.4. The van der Waals surface area contributed by atoms with E-state index in [4.69, 9.17) is 14.5 Å². The zero-order chi connectivity index (χ0) is 22.8. The van der Waals surface area contributed by atoms with E-state index in [1.807, 2.05) is 43.3 Å². The molecule has 4 rings (SSSR count). The molecule has 0 atom stereocenters. The van der Waals surface area contributed by atoms with E-state index in [0.29, 0.717) is 33.8 Å². The van der Waals surface area contributed by atoms with Gasteiger partial charge in [0.25, 0.3) is 5.56 Å². The van der Waals surface area contributed by atoms with Crippen LogP contribution in [0.5, 0.6) is 11.5 Å². The summed E-state index contributed by atoms with van der Waals surface area (Å²) in [6.07, 6.45) is 1.67. The second kappa shape index (κ2) is 8.96. The summed E-state index contributed by atoms with van der Waals surface area (Å²) >= 11 is 3.43. The average Bonchev–Trinajstić information content (AvgIpc) is 2.80. The molecule has 0 aliphatic rings. The van der Waals surface area contributed by atoms with Crippen LogP contribution in [0, 0.1) is 13.8 Å². The normalized spacial score (nSPS) is 11.3. The molecule has 4 aromatic rings. The van der Waals surface area contributed by atoms with Crippen LogP contribution in [-0.2, 0) is 0 Å². The third kappa shape index (κ3) is 4.16. The topological polar surface area (TPSA) is 65.7 Å². The van der Waals surface area contributed by atoms with Crippen LogP contribution in [0.25, 0.3) is 22.3 Å². The molecule has 0 fully saturated rings. The van der Waals surface area contributed by atoms with Gasteiger partial charge in [-0.15, -0.1) is 0 Å². The lowest BCUT2D eigenvalue weighted by Gasteiger charge is -2.12. The molecule has 0 bridgehead atoms. The summed E-state index contributed by atoms with van der Waals surface area (Å²) in [5.41, 5.74) is 4.25. The van der Waals surface area contributed by atoms with Gasteiger partial charge in [0, 0.05) is 10.0 Å². The van der Waals surface area contributed by atoms with Gasteiger partial charge in [0.2, 0.25) is 0 Å². The highest BCUT2D eigenvalue weighted by Crippen LogP contribution is 2.32. The SMILES string of the molecule is COc1ccc(-c2nc3ccc(Br)cc3c(=O)n2/N=C/c2ccc(C)c(C)c2)cc1OC. The van der Waals surface area contributed by atoms with Crippen LogP contribution in [-0.4, -0.2) is 30.1 Å². The smallest absolute Gasteiger partial charge is 0.282 e. The number of halogens is 1. The number of hydrogen-bond donors (Lipinski definition) is 0. The van der Waals surface area contributed by atoms with Crippen molar-refractivity contribution in [2.75, 3.05) is 14.2 Å². The molecule has 6 nitrogen and oxygen atoms in total. The van der Waals surface area contributed by atoms with Crippen LogP contribution in [0.2, 0.25) is 0 Å². The number of ether oxygens (including phenoxy) is 2. The Labute approximate surface area is 194 Å². The number of aromatic nitrogens is 2. The highest BCUT2D eigenvalue weighted by molar-refractivity contribution is 9.10. The number of nitrogens with zero attached hydrogens (tertiary/aromatic N) is 3. The summed E-state index contributed by atoms with van der Waals surface area (Å²) < 4.78 is 12.9. The van der Waals surface area contributed by atoms with E-state index < -0.39 is 0 Å². The minimum atomic E-state index is -0.263. The molecule has 0 saturated carbocycles. The van der Waals surface area contributed by atoms with Crippen molar-refractivity contribution in [2.24, 2.45) is 5.10 Å². The summed E-state index contributed by atoms with van der Waals surface area (Å²) in [5.74, 6) is 1.54. The lowest BCUT2D eigenvalue weighted by molar-refractivity contribution is 0.355. The standard InChI is InChI=1S/C25H22BrN3O3/c1-15-5-6-17(11-16(15)2)14-27-29-24(18-7-10-22(31-3)23(12-18)32-4)28-21-9-8-19(26)13-20(21)25(29)30/h5-14H,1-4H3/b27-14+. The van der Waals surface area contributed by atoms with Crippen LogP contribution in [0.1, 0.15) is 16.7 Å². The van der Waals surface area contributed by atoms with Crippen molar-refractivity contribution >= 4 is 33.0 Å². The Hall–Kier alpha value is -3.45. The van der Waals surface area contributed by atoms with Crippen LogP contribution in [0.4, 0.5) is 0 Å². The van der Waals surface area contributed by atoms with Crippen LogP contribution in [0.3, 0.4) is 0 Å². The van der Waals surface area contributed by atoms with Crippen LogP contribution >= 0.6 is 15.9 Å². The fraction of sp³-hybridized carbons (Fsp3) is 0.160. The van der Waals surface area contributed by atoms with E-state index in [1.54, 1.807) is 38.6 Å². The number of benzene rings is 3. The lowest BCUT2D eigenvalue weighted by Crippen LogP contribution is -2.20. The Morgan fingerprint density at radius 1 is 0.938 bits per heavy atom. The fourth-order valence-electron chi connectivity index (χ4n) is 3.39. The van der Waals surface area contributed by atoms with Crippen molar-refractivity contribution in [1.82, 2.24) is 9.66 Å². The maximum Gasteiger partial charge on any atom is 0.282 e. The molecule has 0 radical (unpaired) electrons. The van der Waals surface area contributed by atoms with Gasteiger partial charge in [0.1, 0.15) is 0 Å². The van der Waals surface area contributed by atoms with Crippen molar-refractivity contribution in [2.45, 2.75) is 13.8 Å². The Morgan fingerprint density at radius 3 is 2.44 bits per heavy atom. The van der Waals surface area contributed by atoms with Gasteiger partial charge in [0.05, 0.1) is 31.3 Å². The largest absolute Gasteiger partial charge is 0.493 e. The number of aryl methyl sites for hydroxylation is 2. The zero-order valence-electron chi connectivity index (χ0n) is 18.2. The molecule has 1 aromatic heterocycles. The minimum Gasteiger partial charge on any atom is -0.493 e. The van der Waals surface area contributed by atoms with E-state index in [0.717, 1.165) is 15.6 Å². The summed E-state index contributed by atoms with van der Waals surface area (Å²) in [5, 5.41) is 5.00. The first-order chi connectivity index (χ1) is 15.4. The van der Waals surface area contributed by atoms with Gasteiger partial charge in [-0.2, -0.15) is 9.78 Å². The summed E-state index contributed by atoms with van der Waals surface area (Å²) in [4.78, 5) is 18.2. The maximum atomic E-state index is 13.4. The van der Waals surface area contributed by atoms with Crippen molar-refractivity contribution in [3.05, 3.63) is 86.1 Å². The molecule has 0 unspecified atom stereocenters. The molecular formula is C25H22BrN3O3. The Bertz CT molecular complexity index is 1410. The predicted octanol–water partition coefficient (Wildman–Crippen LogP) is 5.34. The van der Waals surface area contributed by atoms with Crippen LogP contribution in [0.15, 0.2) is 69.0 Å². The van der Waals surface area contributed by atoms with Gasteiger partial charge in [0.15, 0.2) is 17.3 Å². The number of rotatable bonds is 5. The van der Waals surface area contributed by atoms with Gasteiger partial charge >= 0.3 is 0 Å².